The normalized spacial score (nSPS) is 29.5. The average Bonchev–Trinajstić information content (AvgIpc) is 2.61. The smallest absolute Gasteiger partial charge is 0.0331 e. The van der Waals surface area contributed by atoms with Gasteiger partial charge in [0.15, 0.2) is 0 Å². The Bertz CT molecular complexity index is 211. The van der Waals surface area contributed by atoms with Gasteiger partial charge in [-0.25, -0.2) is 0 Å². The van der Waals surface area contributed by atoms with Crippen LogP contribution in [0.2, 0.25) is 0 Å². The van der Waals surface area contributed by atoms with Gasteiger partial charge < -0.3 is 5.73 Å². The maximum atomic E-state index is 6.21. The molecule has 1 aliphatic rings. The SMILES string of the molecule is CCCN(CCC)C1(CN)CCCC(CC)CC1. The van der Waals surface area contributed by atoms with Crippen molar-refractivity contribution in [3.8, 4) is 0 Å². The minimum absolute atomic E-state index is 0.315. The summed E-state index contributed by atoms with van der Waals surface area (Å²) in [5.74, 6) is 0.948. The van der Waals surface area contributed by atoms with E-state index in [1.807, 2.05) is 0 Å². The summed E-state index contributed by atoms with van der Waals surface area (Å²) < 4.78 is 0. The van der Waals surface area contributed by atoms with Crippen molar-refractivity contribution in [3.63, 3.8) is 0 Å². The van der Waals surface area contributed by atoms with Crippen LogP contribution in [-0.2, 0) is 0 Å². The molecular formula is C16H34N2. The fourth-order valence-corrected chi connectivity index (χ4v) is 3.65. The number of hydrogen-bond acceptors (Lipinski definition) is 2. The molecule has 0 heterocycles. The molecule has 108 valence electrons. The van der Waals surface area contributed by atoms with Gasteiger partial charge in [0.25, 0.3) is 0 Å². The van der Waals surface area contributed by atoms with Crippen molar-refractivity contribution in [2.45, 2.75) is 77.7 Å². The van der Waals surface area contributed by atoms with Crippen LogP contribution >= 0.6 is 0 Å². The predicted molar refractivity (Wildman–Crippen MR) is 80.8 cm³/mol. The van der Waals surface area contributed by atoms with Crippen molar-refractivity contribution in [1.29, 1.82) is 0 Å². The van der Waals surface area contributed by atoms with Crippen LogP contribution in [0.5, 0.6) is 0 Å². The van der Waals surface area contributed by atoms with Crippen molar-refractivity contribution in [2.75, 3.05) is 19.6 Å². The Hall–Kier alpha value is -0.0800. The van der Waals surface area contributed by atoms with Gasteiger partial charge >= 0.3 is 0 Å². The lowest BCUT2D eigenvalue weighted by atomic mass is 9.87. The second-order valence-electron chi connectivity index (χ2n) is 6.12. The van der Waals surface area contributed by atoms with Gasteiger partial charge in [0, 0.05) is 12.1 Å². The van der Waals surface area contributed by atoms with E-state index < -0.39 is 0 Å². The number of nitrogens with two attached hydrogens (primary N) is 1. The van der Waals surface area contributed by atoms with Crippen LogP contribution in [0.1, 0.15) is 72.1 Å². The van der Waals surface area contributed by atoms with Gasteiger partial charge in [-0.1, -0.05) is 40.0 Å². The lowest BCUT2D eigenvalue weighted by Gasteiger charge is -2.43. The van der Waals surface area contributed by atoms with Crippen LogP contribution in [0.4, 0.5) is 0 Å². The molecule has 1 saturated carbocycles. The van der Waals surface area contributed by atoms with Crippen LogP contribution in [0.15, 0.2) is 0 Å². The quantitative estimate of drug-likeness (QED) is 0.700. The summed E-state index contributed by atoms with van der Waals surface area (Å²) in [4.78, 5) is 2.71. The molecule has 0 aromatic rings. The first-order chi connectivity index (χ1) is 8.72. The van der Waals surface area contributed by atoms with E-state index in [-0.39, 0.29) is 0 Å². The maximum Gasteiger partial charge on any atom is 0.0331 e. The third-order valence-electron chi connectivity index (χ3n) is 4.89. The Balaban J connectivity index is 2.74. The number of rotatable bonds is 7. The highest BCUT2D eigenvalue weighted by Crippen LogP contribution is 2.35. The van der Waals surface area contributed by atoms with E-state index in [1.165, 1.54) is 64.5 Å². The van der Waals surface area contributed by atoms with Gasteiger partial charge in [-0.15, -0.1) is 0 Å². The number of hydrogen-bond donors (Lipinski definition) is 1. The van der Waals surface area contributed by atoms with Crippen molar-refractivity contribution < 1.29 is 0 Å². The Morgan fingerprint density at radius 2 is 1.72 bits per heavy atom. The molecule has 2 atom stereocenters. The van der Waals surface area contributed by atoms with Gasteiger partial charge in [-0.3, -0.25) is 4.90 Å². The molecule has 0 spiro atoms. The Labute approximate surface area is 114 Å². The fraction of sp³-hybridized carbons (Fsp3) is 1.00. The molecule has 1 rings (SSSR count). The Morgan fingerprint density at radius 3 is 2.22 bits per heavy atom. The molecular weight excluding hydrogens is 220 g/mol. The Morgan fingerprint density at radius 1 is 1.06 bits per heavy atom. The highest BCUT2D eigenvalue weighted by Gasteiger charge is 2.36. The average molecular weight is 254 g/mol. The van der Waals surface area contributed by atoms with Crippen LogP contribution < -0.4 is 5.73 Å². The summed E-state index contributed by atoms with van der Waals surface area (Å²) in [6, 6.07) is 0. The lowest BCUT2D eigenvalue weighted by molar-refractivity contribution is 0.0765. The molecule has 0 aliphatic heterocycles. The van der Waals surface area contributed by atoms with Crippen molar-refractivity contribution in [2.24, 2.45) is 11.7 Å². The predicted octanol–water partition coefficient (Wildman–Crippen LogP) is 3.80. The third kappa shape index (κ3) is 3.96. The molecule has 0 radical (unpaired) electrons. The van der Waals surface area contributed by atoms with Crippen LogP contribution in [0.25, 0.3) is 0 Å². The third-order valence-corrected chi connectivity index (χ3v) is 4.89. The summed E-state index contributed by atoms with van der Waals surface area (Å²) in [6.45, 7) is 10.2. The van der Waals surface area contributed by atoms with E-state index in [0.29, 0.717) is 5.54 Å². The van der Waals surface area contributed by atoms with Gasteiger partial charge in [0.2, 0.25) is 0 Å². The van der Waals surface area contributed by atoms with E-state index in [2.05, 4.69) is 25.7 Å². The zero-order chi connectivity index (χ0) is 13.4. The molecule has 0 aromatic heterocycles. The topological polar surface area (TPSA) is 29.3 Å². The van der Waals surface area contributed by atoms with Gasteiger partial charge in [-0.2, -0.15) is 0 Å². The first-order valence-electron chi connectivity index (χ1n) is 8.17. The highest BCUT2D eigenvalue weighted by atomic mass is 15.2. The van der Waals surface area contributed by atoms with Crippen LogP contribution in [0, 0.1) is 5.92 Å². The summed E-state index contributed by atoms with van der Waals surface area (Å²) >= 11 is 0. The standard InChI is InChI=1S/C16H34N2/c1-4-12-18(13-5-2)16(14-17)10-7-8-15(6-3)9-11-16/h15H,4-14,17H2,1-3H3. The van der Waals surface area contributed by atoms with Crippen LogP contribution in [-0.4, -0.2) is 30.1 Å². The molecule has 0 bridgehead atoms. The van der Waals surface area contributed by atoms with E-state index >= 15 is 0 Å². The maximum absolute atomic E-state index is 6.21. The lowest BCUT2D eigenvalue weighted by Crippen LogP contribution is -2.54. The van der Waals surface area contributed by atoms with E-state index in [4.69, 9.17) is 5.73 Å². The van der Waals surface area contributed by atoms with Crippen LogP contribution in [0.3, 0.4) is 0 Å². The van der Waals surface area contributed by atoms with Gasteiger partial charge in [-0.05, 0) is 51.1 Å². The molecule has 2 unspecified atom stereocenters. The second kappa shape index (κ2) is 8.16. The fourth-order valence-electron chi connectivity index (χ4n) is 3.65. The first-order valence-corrected chi connectivity index (χ1v) is 8.17. The summed E-state index contributed by atoms with van der Waals surface area (Å²) in [7, 11) is 0. The summed E-state index contributed by atoms with van der Waals surface area (Å²) in [5.41, 5.74) is 6.53. The zero-order valence-corrected chi connectivity index (χ0v) is 12.9. The van der Waals surface area contributed by atoms with Gasteiger partial charge in [0.05, 0.1) is 0 Å². The monoisotopic (exact) mass is 254 g/mol. The van der Waals surface area contributed by atoms with Crippen molar-refractivity contribution >= 4 is 0 Å². The highest BCUT2D eigenvalue weighted by molar-refractivity contribution is 4.94. The molecule has 0 amide bonds. The molecule has 2 nitrogen and oxygen atoms in total. The van der Waals surface area contributed by atoms with E-state index in [0.717, 1.165) is 12.5 Å². The second-order valence-corrected chi connectivity index (χ2v) is 6.12. The molecule has 0 saturated heterocycles. The molecule has 1 aliphatic carbocycles. The van der Waals surface area contributed by atoms with E-state index in [1.54, 1.807) is 0 Å². The minimum atomic E-state index is 0.315. The zero-order valence-electron chi connectivity index (χ0n) is 12.9. The molecule has 2 heteroatoms. The van der Waals surface area contributed by atoms with Crippen molar-refractivity contribution in [3.05, 3.63) is 0 Å². The van der Waals surface area contributed by atoms with E-state index in [9.17, 15) is 0 Å². The summed E-state index contributed by atoms with van der Waals surface area (Å²) in [5, 5.41) is 0. The van der Waals surface area contributed by atoms with Gasteiger partial charge in [0.1, 0.15) is 0 Å². The largest absolute Gasteiger partial charge is 0.329 e. The molecule has 18 heavy (non-hydrogen) atoms. The Kier molecular flexibility index (Phi) is 7.25. The number of nitrogens with zero attached hydrogens (tertiary/aromatic N) is 1. The molecule has 0 aromatic carbocycles. The summed E-state index contributed by atoms with van der Waals surface area (Å²) in [6.07, 6.45) is 10.7. The van der Waals surface area contributed by atoms with Crippen molar-refractivity contribution in [1.82, 2.24) is 4.90 Å². The molecule has 1 fully saturated rings. The first kappa shape index (κ1) is 16.0. The minimum Gasteiger partial charge on any atom is -0.329 e. The molecule has 2 N–H and O–H groups in total.